The number of phenols is 1. The van der Waals surface area contributed by atoms with Crippen LogP contribution in [0.2, 0.25) is 0 Å². The summed E-state index contributed by atoms with van der Waals surface area (Å²) in [7, 11) is 1.54. The molecule has 0 aliphatic carbocycles. The number of amides is 3. The Bertz CT molecular complexity index is 1050. The standard InChI is InChI=1S/C26H32FN3O4/c1-17(14-19-6-9-22(31)23(15-19)34-3)29-12-10-20(11-13-29)26(2)24(32)30(25(33)28-26)16-18-4-7-21(27)8-5-18/h4-9,15,17,20,31H,10-14,16H2,1-3H3,(H,28,33). The number of nitrogens with zero attached hydrogens (tertiary/aromatic N) is 2. The molecule has 0 bridgehead atoms. The van der Waals surface area contributed by atoms with E-state index in [1.54, 1.807) is 18.2 Å². The van der Waals surface area contributed by atoms with Crippen molar-refractivity contribution in [1.29, 1.82) is 0 Å². The number of imide groups is 1. The highest BCUT2D eigenvalue weighted by atomic mass is 19.1. The number of nitrogens with one attached hydrogen (secondary N) is 1. The largest absolute Gasteiger partial charge is 0.504 e. The molecule has 8 heteroatoms. The van der Waals surface area contributed by atoms with Gasteiger partial charge in [-0.15, -0.1) is 0 Å². The maximum atomic E-state index is 13.3. The van der Waals surface area contributed by atoms with Gasteiger partial charge < -0.3 is 20.1 Å². The van der Waals surface area contributed by atoms with Crippen LogP contribution in [0.3, 0.4) is 0 Å². The molecule has 3 amide bonds. The molecule has 2 unspecified atom stereocenters. The number of phenolic OH excluding ortho intramolecular Hbond substituents is 1. The molecule has 0 spiro atoms. The summed E-state index contributed by atoms with van der Waals surface area (Å²) in [5.74, 6) is 0.0712. The van der Waals surface area contributed by atoms with E-state index in [0.29, 0.717) is 11.3 Å². The van der Waals surface area contributed by atoms with Crippen molar-refractivity contribution in [2.45, 2.75) is 51.2 Å². The average molecular weight is 470 g/mol. The lowest BCUT2D eigenvalue weighted by atomic mass is 9.78. The fraction of sp³-hybridized carbons (Fsp3) is 0.462. The zero-order chi connectivity index (χ0) is 24.5. The Labute approximate surface area is 199 Å². The summed E-state index contributed by atoms with van der Waals surface area (Å²) in [6.45, 7) is 5.79. The molecule has 2 aromatic rings. The van der Waals surface area contributed by atoms with E-state index in [2.05, 4.69) is 17.1 Å². The summed E-state index contributed by atoms with van der Waals surface area (Å²) in [6, 6.07) is 11.2. The predicted molar refractivity (Wildman–Crippen MR) is 126 cm³/mol. The lowest BCUT2D eigenvalue weighted by Gasteiger charge is -2.41. The van der Waals surface area contributed by atoms with Gasteiger partial charge in [0.1, 0.15) is 11.4 Å². The number of hydrogen-bond acceptors (Lipinski definition) is 5. The third-order valence-electron chi connectivity index (χ3n) is 7.30. The Kier molecular flexibility index (Phi) is 6.79. The number of rotatable bonds is 7. The van der Waals surface area contributed by atoms with Crippen molar-refractivity contribution in [2.24, 2.45) is 5.92 Å². The minimum atomic E-state index is -0.934. The van der Waals surface area contributed by atoms with E-state index < -0.39 is 11.6 Å². The second kappa shape index (κ2) is 9.62. The summed E-state index contributed by atoms with van der Waals surface area (Å²) in [5, 5.41) is 12.8. The van der Waals surface area contributed by atoms with E-state index in [9.17, 15) is 19.1 Å². The number of ether oxygens (including phenoxy) is 1. The first-order valence-electron chi connectivity index (χ1n) is 11.7. The highest BCUT2D eigenvalue weighted by Gasteiger charge is 2.52. The molecule has 2 N–H and O–H groups in total. The number of hydrogen-bond donors (Lipinski definition) is 2. The molecule has 0 radical (unpaired) electrons. The summed E-state index contributed by atoms with van der Waals surface area (Å²) in [4.78, 5) is 29.6. The molecular formula is C26H32FN3O4. The maximum absolute atomic E-state index is 13.3. The van der Waals surface area contributed by atoms with Gasteiger partial charge in [0.25, 0.3) is 5.91 Å². The minimum Gasteiger partial charge on any atom is -0.504 e. The lowest BCUT2D eigenvalue weighted by Crippen LogP contribution is -2.54. The van der Waals surface area contributed by atoms with Gasteiger partial charge in [0.2, 0.25) is 0 Å². The van der Waals surface area contributed by atoms with Crippen LogP contribution in [0.25, 0.3) is 0 Å². The third kappa shape index (κ3) is 4.73. The number of piperidine rings is 1. The highest BCUT2D eigenvalue weighted by molar-refractivity contribution is 6.06. The monoisotopic (exact) mass is 469 g/mol. The average Bonchev–Trinajstić information content (AvgIpc) is 3.05. The number of likely N-dealkylation sites (tertiary alicyclic amines) is 1. The first-order chi connectivity index (χ1) is 16.2. The van der Waals surface area contributed by atoms with E-state index in [1.165, 1.54) is 24.1 Å². The molecular weight excluding hydrogens is 437 g/mol. The van der Waals surface area contributed by atoms with E-state index in [-0.39, 0.29) is 36.0 Å². The van der Waals surface area contributed by atoms with Gasteiger partial charge in [-0.05, 0) is 87.5 Å². The molecule has 2 aromatic carbocycles. The molecule has 7 nitrogen and oxygen atoms in total. The number of benzene rings is 2. The molecule has 2 atom stereocenters. The number of carbonyl (C=O) groups is 2. The number of methoxy groups -OCH3 is 1. The van der Waals surface area contributed by atoms with Crippen LogP contribution in [0.4, 0.5) is 9.18 Å². The number of urea groups is 1. The molecule has 182 valence electrons. The van der Waals surface area contributed by atoms with Crippen molar-refractivity contribution in [2.75, 3.05) is 20.2 Å². The Morgan fingerprint density at radius 3 is 2.44 bits per heavy atom. The molecule has 4 rings (SSSR count). The Morgan fingerprint density at radius 2 is 1.79 bits per heavy atom. The normalized spacial score (nSPS) is 22.6. The summed E-state index contributed by atoms with van der Waals surface area (Å²) in [6.07, 6.45) is 2.42. The summed E-state index contributed by atoms with van der Waals surface area (Å²) in [5.41, 5.74) is 0.867. The topological polar surface area (TPSA) is 82.1 Å². The molecule has 2 aliphatic rings. The fourth-order valence-corrected chi connectivity index (χ4v) is 5.15. The van der Waals surface area contributed by atoms with Crippen LogP contribution in [-0.4, -0.2) is 58.6 Å². The van der Waals surface area contributed by atoms with Crippen LogP contribution in [0.1, 0.15) is 37.8 Å². The molecule has 2 heterocycles. The van der Waals surface area contributed by atoms with Crippen molar-refractivity contribution < 1.29 is 23.8 Å². The Morgan fingerprint density at radius 1 is 1.15 bits per heavy atom. The minimum absolute atomic E-state index is 0.0411. The molecule has 2 aliphatic heterocycles. The van der Waals surface area contributed by atoms with Gasteiger partial charge in [0, 0.05) is 6.04 Å². The predicted octanol–water partition coefficient (Wildman–Crippen LogP) is 3.69. The van der Waals surface area contributed by atoms with Crippen LogP contribution in [0.15, 0.2) is 42.5 Å². The van der Waals surface area contributed by atoms with Crippen molar-refractivity contribution in [3.63, 3.8) is 0 Å². The lowest BCUT2D eigenvalue weighted by molar-refractivity contribution is -0.133. The van der Waals surface area contributed by atoms with Crippen LogP contribution in [-0.2, 0) is 17.8 Å². The maximum Gasteiger partial charge on any atom is 0.325 e. The van der Waals surface area contributed by atoms with Gasteiger partial charge in [-0.2, -0.15) is 0 Å². The Hall–Kier alpha value is -3.13. The molecule has 34 heavy (non-hydrogen) atoms. The van der Waals surface area contributed by atoms with Gasteiger partial charge >= 0.3 is 6.03 Å². The smallest absolute Gasteiger partial charge is 0.325 e. The zero-order valence-electron chi connectivity index (χ0n) is 19.9. The van der Waals surface area contributed by atoms with Gasteiger partial charge in [-0.25, -0.2) is 9.18 Å². The van der Waals surface area contributed by atoms with Crippen LogP contribution in [0.5, 0.6) is 11.5 Å². The van der Waals surface area contributed by atoms with E-state index >= 15 is 0 Å². The van der Waals surface area contributed by atoms with Crippen LogP contribution >= 0.6 is 0 Å². The quantitative estimate of drug-likeness (QED) is 0.605. The van der Waals surface area contributed by atoms with E-state index in [4.69, 9.17) is 4.74 Å². The molecule has 0 aromatic heterocycles. The highest BCUT2D eigenvalue weighted by Crippen LogP contribution is 2.35. The second-order valence-electron chi connectivity index (χ2n) is 9.52. The SMILES string of the molecule is COc1cc(CC(C)N2CCC(C3(C)NC(=O)N(Cc4ccc(F)cc4)C3=O)CC2)ccc1O. The second-order valence-corrected chi connectivity index (χ2v) is 9.52. The number of halogens is 1. The van der Waals surface area contributed by atoms with Crippen molar-refractivity contribution in [3.8, 4) is 11.5 Å². The molecule has 0 saturated carbocycles. The van der Waals surface area contributed by atoms with Gasteiger partial charge in [0.05, 0.1) is 13.7 Å². The third-order valence-corrected chi connectivity index (χ3v) is 7.30. The van der Waals surface area contributed by atoms with Gasteiger partial charge in [-0.1, -0.05) is 18.2 Å². The Balaban J connectivity index is 1.36. The summed E-state index contributed by atoms with van der Waals surface area (Å²) >= 11 is 0. The van der Waals surface area contributed by atoms with Crippen molar-refractivity contribution >= 4 is 11.9 Å². The first kappa shape index (κ1) is 24.0. The number of carbonyl (C=O) groups excluding carboxylic acids is 2. The van der Waals surface area contributed by atoms with Crippen molar-refractivity contribution in [1.82, 2.24) is 15.1 Å². The van der Waals surface area contributed by atoms with Gasteiger partial charge in [0.15, 0.2) is 11.5 Å². The first-order valence-corrected chi connectivity index (χ1v) is 11.7. The van der Waals surface area contributed by atoms with E-state index in [1.807, 2.05) is 19.1 Å². The van der Waals surface area contributed by atoms with Gasteiger partial charge in [-0.3, -0.25) is 9.69 Å². The van der Waals surface area contributed by atoms with Crippen molar-refractivity contribution in [3.05, 3.63) is 59.4 Å². The zero-order valence-corrected chi connectivity index (χ0v) is 19.9. The van der Waals surface area contributed by atoms with Crippen LogP contribution < -0.4 is 10.1 Å². The fourth-order valence-electron chi connectivity index (χ4n) is 5.15. The molecule has 2 fully saturated rings. The number of aromatic hydroxyl groups is 1. The summed E-state index contributed by atoms with van der Waals surface area (Å²) < 4.78 is 18.4. The van der Waals surface area contributed by atoms with Crippen LogP contribution in [0, 0.1) is 11.7 Å². The molecule has 2 saturated heterocycles. The van der Waals surface area contributed by atoms with E-state index in [0.717, 1.165) is 37.9 Å².